The Morgan fingerprint density at radius 3 is 1.50 bits per heavy atom. The molecule has 0 radical (unpaired) electrons. The van der Waals surface area contributed by atoms with Crippen LogP contribution in [0.3, 0.4) is 0 Å². The van der Waals surface area contributed by atoms with Gasteiger partial charge in [-0.3, -0.25) is 4.79 Å². The number of carbonyl (C=O) groups is 1. The lowest BCUT2D eigenvalue weighted by molar-refractivity contribution is -0.123. The second kappa shape index (κ2) is 14.4. The molecule has 150 valence electrons. The number of hydrogen-bond donors (Lipinski definition) is 11. The summed E-state index contributed by atoms with van der Waals surface area (Å²) in [5, 5.41) is 82.7. The fourth-order valence-electron chi connectivity index (χ4n) is 1.35. The molecule has 1 aromatic carbocycles. The van der Waals surface area contributed by atoms with Gasteiger partial charge < -0.3 is 56.6 Å². The molecule has 12 nitrogen and oxygen atoms in total. The Kier molecular flexibility index (Phi) is 14.6. The van der Waals surface area contributed by atoms with E-state index in [9.17, 15) is 4.79 Å². The number of nitrogens with two attached hydrogens (primary N) is 1. The van der Waals surface area contributed by atoms with Crippen LogP contribution < -0.4 is 5.73 Å². The van der Waals surface area contributed by atoms with Crippen molar-refractivity contribution in [3.8, 4) is 5.75 Å². The first-order valence-corrected chi connectivity index (χ1v) is 7.05. The Hall–Kier alpha value is -1.81. The lowest BCUT2D eigenvalue weighted by Gasteiger charge is -2.24. The molecule has 12 N–H and O–H groups in total. The average Bonchev–Trinajstić information content (AvgIpc) is 2.59. The molecular formula is C13H24BNO11. The standard InChI is InChI=1S/C7H7NO2.C6H14O6.BH3O3/c8-7(10)5-3-1-2-4-6(5)9;7-1-3(9)5(11)6(12)4(10)2-8;2-1(3)4/h1-4,9H,(H2,8,10);3-12H,1-2H2;2-4H/t;3-,4+,5-,6-;/m.1./s1. The van der Waals surface area contributed by atoms with Crippen LogP contribution in [0.1, 0.15) is 10.4 Å². The normalized spacial score (nSPS) is 14.5. The molecule has 0 aliphatic heterocycles. The molecule has 0 saturated heterocycles. The number of primary amides is 1. The summed E-state index contributed by atoms with van der Waals surface area (Å²) in [7, 11) is -2.17. The number of para-hydroxylation sites is 1. The van der Waals surface area contributed by atoms with Crippen molar-refractivity contribution in [3.05, 3.63) is 29.8 Å². The van der Waals surface area contributed by atoms with Gasteiger partial charge in [0, 0.05) is 0 Å². The van der Waals surface area contributed by atoms with E-state index in [-0.39, 0.29) is 11.3 Å². The van der Waals surface area contributed by atoms with Crippen molar-refractivity contribution >= 4 is 13.2 Å². The van der Waals surface area contributed by atoms with Crippen LogP contribution >= 0.6 is 0 Å². The van der Waals surface area contributed by atoms with Gasteiger partial charge in [0.25, 0.3) is 5.91 Å². The van der Waals surface area contributed by atoms with E-state index in [4.69, 9.17) is 56.6 Å². The molecule has 13 heteroatoms. The van der Waals surface area contributed by atoms with E-state index in [1.807, 2.05) is 0 Å². The monoisotopic (exact) mass is 381 g/mol. The number of rotatable bonds is 6. The van der Waals surface area contributed by atoms with Gasteiger partial charge in [0.05, 0.1) is 18.8 Å². The van der Waals surface area contributed by atoms with Crippen LogP contribution in [0.5, 0.6) is 5.75 Å². The molecule has 26 heavy (non-hydrogen) atoms. The summed E-state index contributed by atoms with van der Waals surface area (Å²) < 4.78 is 0. The first-order chi connectivity index (χ1) is 12.0. The Morgan fingerprint density at radius 2 is 1.27 bits per heavy atom. The summed E-state index contributed by atoms with van der Waals surface area (Å²) in [6.07, 6.45) is -6.39. The number of benzene rings is 1. The van der Waals surface area contributed by atoms with Gasteiger partial charge in [-0.15, -0.1) is 0 Å². The molecule has 0 unspecified atom stereocenters. The topological polar surface area (TPSA) is 245 Å². The highest BCUT2D eigenvalue weighted by molar-refractivity contribution is 6.30. The van der Waals surface area contributed by atoms with Gasteiger partial charge in [-0.25, -0.2) is 0 Å². The molecule has 1 amide bonds. The summed E-state index contributed by atoms with van der Waals surface area (Å²) in [6.45, 7) is -1.45. The summed E-state index contributed by atoms with van der Waals surface area (Å²) in [5.74, 6) is -0.687. The fraction of sp³-hybridized carbons (Fsp3) is 0.462. The third-order valence-corrected chi connectivity index (χ3v) is 2.68. The van der Waals surface area contributed by atoms with E-state index in [1.54, 1.807) is 12.1 Å². The zero-order valence-corrected chi connectivity index (χ0v) is 13.6. The summed E-state index contributed by atoms with van der Waals surface area (Å²) >= 11 is 0. The number of hydrogen-bond acceptors (Lipinski definition) is 11. The molecule has 1 rings (SSSR count). The predicted octanol–water partition coefficient (Wildman–Crippen LogP) is -5.15. The summed E-state index contributed by atoms with van der Waals surface area (Å²) in [4.78, 5) is 10.5. The number of carbonyl (C=O) groups excluding carboxylic acids is 1. The van der Waals surface area contributed by atoms with Crippen molar-refractivity contribution in [3.63, 3.8) is 0 Å². The zero-order valence-electron chi connectivity index (χ0n) is 13.6. The van der Waals surface area contributed by atoms with Crippen molar-refractivity contribution in [1.29, 1.82) is 0 Å². The minimum Gasteiger partial charge on any atom is -0.507 e. The van der Waals surface area contributed by atoms with E-state index >= 15 is 0 Å². The Bertz CT molecular complexity index is 488. The van der Waals surface area contributed by atoms with Crippen molar-refractivity contribution in [2.75, 3.05) is 13.2 Å². The van der Waals surface area contributed by atoms with Gasteiger partial charge in [-0.2, -0.15) is 0 Å². The minimum atomic E-state index is -2.17. The SMILES string of the molecule is NC(=O)c1ccccc1O.OB(O)O.OC[C@@H](O)[C@@H](O)[C@H](O)[C@@H](O)CO. The molecule has 0 aromatic heterocycles. The van der Waals surface area contributed by atoms with Gasteiger partial charge in [0.15, 0.2) is 0 Å². The van der Waals surface area contributed by atoms with Gasteiger partial charge >= 0.3 is 7.32 Å². The highest BCUT2D eigenvalue weighted by Gasteiger charge is 2.29. The third-order valence-electron chi connectivity index (χ3n) is 2.68. The van der Waals surface area contributed by atoms with Crippen molar-refractivity contribution in [2.24, 2.45) is 5.73 Å². The zero-order chi connectivity index (χ0) is 20.9. The van der Waals surface area contributed by atoms with Crippen LogP contribution in [0, 0.1) is 0 Å². The fourth-order valence-corrected chi connectivity index (χ4v) is 1.35. The van der Waals surface area contributed by atoms with E-state index in [0.717, 1.165) is 0 Å². The first kappa shape index (κ1) is 26.4. The van der Waals surface area contributed by atoms with Crippen LogP contribution in [0.4, 0.5) is 0 Å². The minimum absolute atomic E-state index is 0.0741. The van der Waals surface area contributed by atoms with Gasteiger partial charge in [-0.05, 0) is 12.1 Å². The van der Waals surface area contributed by atoms with Gasteiger partial charge in [-0.1, -0.05) is 12.1 Å². The molecule has 0 aliphatic rings. The Labute approximate surface area is 148 Å². The largest absolute Gasteiger partial charge is 0.631 e. The lowest BCUT2D eigenvalue weighted by atomic mass is 10.0. The maximum Gasteiger partial charge on any atom is 0.631 e. The number of phenols is 1. The molecule has 0 spiro atoms. The van der Waals surface area contributed by atoms with E-state index in [0.29, 0.717) is 0 Å². The van der Waals surface area contributed by atoms with E-state index in [1.165, 1.54) is 12.1 Å². The van der Waals surface area contributed by atoms with Crippen molar-refractivity contribution in [1.82, 2.24) is 0 Å². The smallest absolute Gasteiger partial charge is 0.507 e. The molecule has 0 aliphatic carbocycles. The molecule has 0 fully saturated rings. The molecule has 0 bridgehead atoms. The maximum atomic E-state index is 10.5. The molecule has 0 heterocycles. The van der Waals surface area contributed by atoms with Crippen LogP contribution in [-0.4, -0.2) is 102 Å². The van der Waals surface area contributed by atoms with Crippen LogP contribution in [0.25, 0.3) is 0 Å². The van der Waals surface area contributed by atoms with E-state index in [2.05, 4.69) is 0 Å². The average molecular weight is 381 g/mol. The Balaban J connectivity index is 0. The number of aliphatic hydroxyl groups is 6. The predicted molar refractivity (Wildman–Crippen MR) is 87.2 cm³/mol. The third kappa shape index (κ3) is 11.7. The highest BCUT2D eigenvalue weighted by atomic mass is 16.5. The molecular weight excluding hydrogens is 357 g/mol. The van der Waals surface area contributed by atoms with E-state index < -0.39 is 50.9 Å². The van der Waals surface area contributed by atoms with Gasteiger partial charge in [0.1, 0.15) is 30.2 Å². The Morgan fingerprint density at radius 1 is 0.923 bits per heavy atom. The van der Waals surface area contributed by atoms with Crippen LogP contribution in [0.2, 0.25) is 0 Å². The van der Waals surface area contributed by atoms with Crippen molar-refractivity contribution < 1.29 is 55.6 Å². The molecule has 0 saturated carbocycles. The molecule has 4 atom stereocenters. The van der Waals surface area contributed by atoms with Gasteiger partial charge in [0.2, 0.25) is 0 Å². The van der Waals surface area contributed by atoms with Crippen LogP contribution in [0.15, 0.2) is 24.3 Å². The summed E-state index contributed by atoms with van der Waals surface area (Å²) in [6, 6.07) is 6.15. The lowest BCUT2D eigenvalue weighted by Crippen LogP contribution is -2.46. The number of amides is 1. The summed E-state index contributed by atoms with van der Waals surface area (Å²) in [5.41, 5.74) is 5.07. The number of aliphatic hydroxyl groups excluding tert-OH is 6. The highest BCUT2D eigenvalue weighted by Crippen LogP contribution is 2.13. The quantitative estimate of drug-likeness (QED) is 0.208. The van der Waals surface area contributed by atoms with Crippen molar-refractivity contribution in [2.45, 2.75) is 24.4 Å². The van der Waals surface area contributed by atoms with Crippen LogP contribution in [-0.2, 0) is 0 Å². The second-order valence-electron chi connectivity index (χ2n) is 4.71. The number of aromatic hydroxyl groups is 1. The second-order valence-corrected chi connectivity index (χ2v) is 4.71. The maximum absolute atomic E-state index is 10.5. The molecule has 1 aromatic rings. The first-order valence-electron chi connectivity index (χ1n) is 7.05.